The van der Waals surface area contributed by atoms with Gasteiger partial charge >= 0.3 is 5.97 Å². The molecule has 0 N–H and O–H groups in total. The van der Waals surface area contributed by atoms with Crippen LogP contribution in [-0.4, -0.2) is 61.4 Å². The lowest BCUT2D eigenvalue weighted by Crippen LogP contribution is -2.40. The van der Waals surface area contributed by atoms with Crippen molar-refractivity contribution in [2.24, 2.45) is 4.99 Å². The zero-order valence-electron chi connectivity index (χ0n) is 26.2. The van der Waals surface area contributed by atoms with Crippen LogP contribution in [0.25, 0.3) is 6.08 Å². The van der Waals surface area contributed by atoms with Crippen molar-refractivity contribution in [3.05, 3.63) is 84.5 Å². The predicted molar refractivity (Wildman–Crippen MR) is 172 cm³/mol. The molecule has 3 heterocycles. The molecule has 11 heteroatoms. The molecule has 1 amide bonds. The lowest BCUT2D eigenvalue weighted by atomic mass is 9.93. The molecule has 0 bridgehead atoms. The number of esters is 1. The maximum Gasteiger partial charge on any atom is 0.338 e. The van der Waals surface area contributed by atoms with Gasteiger partial charge in [-0.15, -0.1) is 0 Å². The van der Waals surface area contributed by atoms with Crippen LogP contribution < -0.4 is 29.1 Å². The van der Waals surface area contributed by atoms with Crippen LogP contribution in [0.15, 0.2) is 63.5 Å². The van der Waals surface area contributed by atoms with Gasteiger partial charge in [0.25, 0.3) is 11.5 Å². The molecular formula is C34H39N3O7S. The first-order chi connectivity index (χ1) is 21.9. The summed E-state index contributed by atoms with van der Waals surface area (Å²) < 4.78 is 24.9. The Balaban J connectivity index is 1.58. The van der Waals surface area contributed by atoms with Gasteiger partial charge in [-0.25, -0.2) is 9.79 Å². The SMILES string of the molecule is CCCC1=C(C(=O)OCC)[C@@H](c2ccccc2OC)n2c(s/c(=C/c3ccc(OCC(=O)N4CCCC4)c(OCC)c3)c2=O)=N1. The van der Waals surface area contributed by atoms with Gasteiger partial charge in [0.1, 0.15) is 11.8 Å². The third-order valence-corrected chi connectivity index (χ3v) is 8.68. The number of methoxy groups -OCH3 is 1. The number of benzene rings is 2. The van der Waals surface area contributed by atoms with Crippen molar-refractivity contribution in [3.8, 4) is 17.2 Å². The Bertz CT molecular complexity index is 1770. The standard InChI is InChI=1S/C34H39N3O7S/c1-5-12-24-30(33(40)43-7-3)31(23-13-8-9-14-25(23)41-4)37-32(39)28(45-34(37)35-24)20-22-15-16-26(27(19-22)42-6-2)44-21-29(38)36-17-10-11-18-36/h8-9,13-16,19-20,31H,5-7,10-12,17-18,21H2,1-4H3/b28-20+/t31-/m1/s1. The van der Waals surface area contributed by atoms with E-state index in [1.165, 1.54) is 11.3 Å². The lowest BCUT2D eigenvalue weighted by molar-refractivity contribution is -0.139. The van der Waals surface area contributed by atoms with E-state index < -0.39 is 12.0 Å². The minimum Gasteiger partial charge on any atom is -0.496 e. The molecule has 0 aliphatic carbocycles. The number of aromatic nitrogens is 1. The molecule has 1 aromatic heterocycles. The average molecular weight is 634 g/mol. The Labute approximate surface area is 266 Å². The first-order valence-corrected chi connectivity index (χ1v) is 16.2. The third kappa shape index (κ3) is 6.83. The molecule has 0 spiro atoms. The highest BCUT2D eigenvalue weighted by atomic mass is 32.1. The smallest absolute Gasteiger partial charge is 0.338 e. The van der Waals surface area contributed by atoms with Gasteiger partial charge in [0, 0.05) is 18.7 Å². The summed E-state index contributed by atoms with van der Waals surface area (Å²) >= 11 is 1.26. The van der Waals surface area contributed by atoms with E-state index in [0.29, 0.717) is 62.0 Å². The number of nitrogens with zero attached hydrogens (tertiary/aromatic N) is 3. The molecule has 3 aromatic rings. The molecule has 10 nitrogen and oxygen atoms in total. The van der Waals surface area contributed by atoms with Crippen molar-refractivity contribution < 1.29 is 28.5 Å². The Morgan fingerprint density at radius 1 is 1.00 bits per heavy atom. The molecule has 2 aromatic carbocycles. The van der Waals surface area contributed by atoms with Gasteiger partial charge in [-0.1, -0.05) is 48.9 Å². The van der Waals surface area contributed by atoms with E-state index in [0.717, 1.165) is 32.4 Å². The molecule has 0 unspecified atom stereocenters. The van der Waals surface area contributed by atoms with Crippen LogP contribution in [0.3, 0.4) is 0 Å². The summed E-state index contributed by atoms with van der Waals surface area (Å²) in [4.78, 5) is 47.2. The van der Waals surface area contributed by atoms with E-state index in [4.69, 9.17) is 23.9 Å². The molecule has 1 atom stereocenters. The highest BCUT2D eigenvalue weighted by Gasteiger charge is 2.35. The van der Waals surface area contributed by atoms with Gasteiger partial charge in [0.15, 0.2) is 22.9 Å². The number of hydrogen-bond donors (Lipinski definition) is 0. The fraction of sp³-hybridized carbons (Fsp3) is 0.412. The van der Waals surface area contributed by atoms with E-state index in [2.05, 4.69) is 0 Å². The van der Waals surface area contributed by atoms with Crippen LogP contribution in [0.4, 0.5) is 0 Å². The number of carbonyl (C=O) groups excluding carboxylic acids is 2. The van der Waals surface area contributed by atoms with Crippen LogP contribution in [0.1, 0.15) is 63.6 Å². The lowest BCUT2D eigenvalue weighted by Gasteiger charge is -2.26. The largest absolute Gasteiger partial charge is 0.496 e. The average Bonchev–Trinajstić information content (AvgIpc) is 3.69. The Kier molecular flexibility index (Phi) is 10.4. The molecule has 238 valence electrons. The summed E-state index contributed by atoms with van der Waals surface area (Å²) in [6.45, 7) is 7.69. The normalized spacial score (nSPS) is 16.3. The minimum atomic E-state index is -0.775. The van der Waals surface area contributed by atoms with E-state index in [1.807, 2.05) is 49.1 Å². The van der Waals surface area contributed by atoms with Crippen molar-refractivity contribution >= 4 is 29.3 Å². The maximum absolute atomic E-state index is 14.1. The maximum atomic E-state index is 14.1. The summed E-state index contributed by atoms with van der Waals surface area (Å²) in [7, 11) is 1.56. The van der Waals surface area contributed by atoms with E-state index in [9.17, 15) is 14.4 Å². The summed E-state index contributed by atoms with van der Waals surface area (Å²) in [5.74, 6) is 0.943. The van der Waals surface area contributed by atoms with Gasteiger partial charge in [-0.3, -0.25) is 14.2 Å². The monoisotopic (exact) mass is 633 g/mol. The molecule has 1 fully saturated rings. The number of para-hydroxylation sites is 1. The second-order valence-corrected chi connectivity index (χ2v) is 11.7. The Morgan fingerprint density at radius 3 is 2.49 bits per heavy atom. The Morgan fingerprint density at radius 2 is 1.78 bits per heavy atom. The second kappa shape index (κ2) is 14.6. The molecule has 2 aliphatic heterocycles. The quantitative estimate of drug-likeness (QED) is 0.278. The Hall–Kier alpha value is -4.38. The number of ether oxygens (including phenoxy) is 4. The van der Waals surface area contributed by atoms with E-state index in [1.54, 1.807) is 36.8 Å². The van der Waals surface area contributed by atoms with Gasteiger partial charge in [-0.2, -0.15) is 0 Å². The highest BCUT2D eigenvalue weighted by Crippen LogP contribution is 2.37. The molecule has 0 saturated carbocycles. The van der Waals surface area contributed by atoms with Crippen LogP contribution in [0.2, 0.25) is 0 Å². The second-order valence-electron chi connectivity index (χ2n) is 10.7. The number of amides is 1. The highest BCUT2D eigenvalue weighted by molar-refractivity contribution is 7.07. The summed E-state index contributed by atoms with van der Waals surface area (Å²) in [6.07, 6.45) is 5.11. The van der Waals surface area contributed by atoms with Crippen LogP contribution >= 0.6 is 11.3 Å². The van der Waals surface area contributed by atoms with Crippen molar-refractivity contribution in [3.63, 3.8) is 0 Å². The van der Waals surface area contributed by atoms with E-state index in [-0.39, 0.29) is 24.7 Å². The third-order valence-electron chi connectivity index (χ3n) is 7.70. The summed E-state index contributed by atoms with van der Waals surface area (Å²) in [6, 6.07) is 12.0. The van der Waals surface area contributed by atoms with Crippen molar-refractivity contribution in [2.75, 3.05) is 40.0 Å². The molecule has 5 rings (SSSR count). The number of carbonyl (C=O) groups is 2. The number of allylic oxidation sites excluding steroid dienone is 1. The fourth-order valence-electron chi connectivity index (χ4n) is 5.66. The molecule has 2 aliphatic rings. The fourth-order valence-corrected chi connectivity index (χ4v) is 6.68. The van der Waals surface area contributed by atoms with Gasteiger partial charge in [-0.05, 0) is 62.9 Å². The number of hydrogen-bond acceptors (Lipinski definition) is 9. The van der Waals surface area contributed by atoms with E-state index >= 15 is 0 Å². The first kappa shape index (κ1) is 32.0. The zero-order chi connectivity index (χ0) is 31.9. The number of likely N-dealkylation sites (tertiary alicyclic amines) is 1. The topological polar surface area (TPSA) is 109 Å². The van der Waals surface area contributed by atoms with Crippen molar-refractivity contribution in [1.29, 1.82) is 0 Å². The van der Waals surface area contributed by atoms with Gasteiger partial charge in [0.2, 0.25) is 0 Å². The number of rotatable bonds is 12. The van der Waals surface area contributed by atoms with Crippen LogP contribution in [-0.2, 0) is 14.3 Å². The minimum absolute atomic E-state index is 0.0469. The van der Waals surface area contributed by atoms with Gasteiger partial charge in [0.05, 0.1) is 36.1 Å². The number of fused-ring (bicyclic) bond motifs is 1. The molecule has 0 radical (unpaired) electrons. The van der Waals surface area contributed by atoms with Crippen molar-refractivity contribution in [2.45, 2.75) is 52.5 Å². The van der Waals surface area contributed by atoms with Crippen LogP contribution in [0, 0.1) is 0 Å². The number of thiazole rings is 1. The first-order valence-electron chi connectivity index (χ1n) is 15.4. The molecule has 45 heavy (non-hydrogen) atoms. The van der Waals surface area contributed by atoms with Gasteiger partial charge < -0.3 is 23.8 Å². The van der Waals surface area contributed by atoms with Crippen LogP contribution in [0.5, 0.6) is 17.2 Å². The zero-order valence-corrected chi connectivity index (χ0v) is 27.0. The molecular weight excluding hydrogens is 594 g/mol. The summed E-state index contributed by atoms with van der Waals surface area (Å²) in [5.41, 5.74) is 2.03. The summed E-state index contributed by atoms with van der Waals surface area (Å²) in [5, 5.41) is 0. The molecule has 1 saturated heterocycles. The predicted octanol–water partition coefficient (Wildman–Crippen LogP) is 3.99. The van der Waals surface area contributed by atoms with Crippen molar-refractivity contribution in [1.82, 2.24) is 9.47 Å².